The van der Waals surface area contributed by atoms with Gasteiger partial charge in [0.05, 0.1) is 11.3 Å². The van der Waals surface area contributed by atoms with Crippen LogP contribution in [0.4, 0.5) is 10.5 Å². The number of carbonyl (C=O) groups is 1. The Balaban J connectivity index is 1.71. The molecule has 2 atom stereocenters. The Morgan fingerprint density at radius 3 is 2.33 bits per heavy atom. The third-order valence-corrected chi connectivity index (χ3v) is 5.08. The zero-order valence-corrected chi connectivity index (χ0v) is 17.0. The van der Waals surface area contributed by atoms with Crippen molar-refractivity contribution < 1.29 is 9.53 Å². The van der Waals surface area contributed by atoms with Crippen LogP contribution in [-0.2, 0) is 4.74 Å². The smallest absolute Gasteiger partial charge is 0.410 e. The summed E-state index contributed by atoms with van der Waals surface area (Å²) in [5.41, 5.74) is 3.61. The van der Waals surface area contributed by atoms with E-state index >= 15 is 0 Å². The standard InChI is InChI=1S/C22H29N3O2/c1-15(2)8-16-6-7-17(10-23)20(9-16)24-11-18-13-25(14-19(18)12-24)21(26)27-22(3,4)5/h6-9,18-19H,11-14H2,1-5H3. The summed E-state index contributed by atoms with van der Waals surface area (Å²) >= 11 is 0. The van der Waals surface area contributed by atoms with Crippen molar-refractivity contribution in [1.82, 2.24) is 4.90 Å². The molecule has 2 heterocycles. The van der Waals surface area contributed by atoms with Crippen molar-refractivity contribution in [3.8, 4) is 6.07 Å². The van der Waals surface area contributed by atoms with Gasteiger partial charge in [0.15, 0.2) is 0 Å². The summed E-state index contributed by atoms with van der Waals surface area (Å²) in [4.78, 5) is 16.5. The zero-order valence-electron chi connectivity index (χ0n) is 17.0. The first-order valence-electron chi connectivity index (χ1n) is 9.58. The molecule has 2 aliphatic heterocycles. The van der Waals surface area contributed by atoms with E-state index in [4.69, 9.17) is 4.74 Å². The Labute approximate surface area is 162 Å². The summed E-state index contributed by atoms with van der Waals surface area (Å²) in [7, 11) is 0. The van der Waals surface area contributed by atoms with E-state index in [1.807, 2.05) is 37.8 Å². The molecular formula is C22H29N3O2. The first-order valence-corrected chi connectivity index (χ1v) is 9.58. The molecule has 0 aromatic heterocycles. The van der Waals surface area contributed by atoms with E-state index in [0.29, 0.717) is 17.4 Å². The molecule has 2 aliphatic rings. The fourth-order valence-electron chi connectivity index (χ4n) is 3.99. The van der Waals surface area contributed by atoms with Crippen molar-refractivity contribution in [3.05, 3.63) is 34.9 Å². The molecule has 0 aliphatic carbocycles. The second kappa shape index (κ2) is 7.26. The molecule has 0 radical (unpaired) electrons. The van der Waals surface area contributed by atoms with Gasteiger partial charge in [-0.3, -0.25) is 0 Å². The van der Waals surface area contributed by atoms with Gasteiger partial charge in [-0.05, 0) is 52.3 Å². The van der Waals surface area contributed by atoms with Crippen LogP contribution in [0.5, 0.6) is 0 Å². The van der Waals surface area contributed by atoms with Gasteiger partial charge in [-0.2, -0.15) is 5.26 Å². The van der Waals surface area contributed by atoms with Gasteiger partial charge in [-0.1, -0.05) is 17.7 Å². The molecule has 27 heavy (non-hydrogen) atoms. The minimum absolute atomic E-state index is 0.216. The lowest BCUT2D eigenvalue weighted by atomic mass is 10.0. The molecule has 2 unspecified atom stereocenters. The summed E-state index contributed by atoms with van der Waals surface area (Å²) in [5.74, 6) is 0.854. The second-order valence-electron chi connectivity index (χ2n) is 8.92. The molecule has 0 N–H and O–H groups in total. The number of fused-ring (bicyclic) bond motifs is 1. The van der Waals surface area contributed by atoms with Gasteiger partial charge in [0.25, 0.3) is 0 Å². The normalized spacial score (nSPS) is 21.6. The van der Waals surface area contributed by atoms with E-state index in [0.717, 1.165) is 37.4 Å². The molecule has 5 nitrogen and oxygen atoms in total. The van der Waals surface area contributed by atoms with Gasteiger partial charge >= 0.3 is 6.09 Å². The van der Waals surface area contributed by atoms with E-state index in [2.05, 4.69) is 37.0 Å². The molecule has 0 spiro atoms. The summed E-state index contributed by atoms with van der Waals surface area (Å²) in [6.07, 6.45) is 1.91. The van der Waals surface area contributed by atoms with Gasteiger partial charge in [0.2, 0.25) is 0 Å². The van der Waals surface area contributed by atoms with Crippen molar-refractivity contribution in [2.24, 2.45) is 11.8 Å². The monoisotopic (exact) mass is 367 g/mol. The Kier molecular flexibility index (Phi) is 5.19. The highest BCUT2D eigenvalue weighted by atomic mass is 16.6. The lowest BCUT2D eigenvalue weighted by Crippen LogP contribution is -2.37. The van der Waals surface area contributed by atoms with E-state index in [-0.39, 0.29) is 6.09 Å². The van der Waals surface area contributed by atoms with Crippen LogP contribution in [0, 0.1) is 23.2 Å². The number of likely N-dealkylation sites (tertiary alicyclic amines) is 1. The highest BCUT2D eigenvalue weighted by molar-refractivity contribution is 5.69. The van der Waals surface area contributed by atoms with Crippen molar-refractivity contribution in [2.45, 2.75) is 40.2 Å². The van der Waals surface area contributed by atoms with Crippen LogP contribution in [0.2, 0.25) is 0 Å². The number of hydrogen-bond acceptors (Lipinski definition) is 4. The molecule has 1 amide bonds. The molecule has 0 bridgehead atoms. The van der Waals surface area contributed by atoms with Gasteiger partial charge in [0, 0.05) is 38.0 Å². The van der Waals surface area contributed by atoms with Crippen molar-refractivity contribution >= 4 is 17.9 Å². The number of anilines is 1. The van der Waals surface area contributed by atoms with E-state index in [1.54, 1.807) is 0 Å². The van der Waals surface area contributed by atoms with Crippen LogP contribution in [0.1, 0.15) is 45.7 Å². The molecule has 3 rings (SSSR count). The van der Waals surface area contributed by atoms with Crippen LogP contribution in [0.15, 0.2) is 23.8 Å². The lowest BCUT2D eigenvalue weighted by molar-refractivity contribution is 0.0282. The number of rotatable bonds is 2. The largest absolute Gasteiger partial charge is 0.444 e. The average molecular weight is 367 g/mol. The number of amides is 1. The van der Waals surface area contributed by atoms with Crippen LogP contribution >= 0.6 is 0 Å². The zero-order chi connectivity index (χ0) is 19.8. The number of nitrogens with zero attached hydrogens (tertiary/aromatic N) is 3. The maximum absolute atomic E-state index is 12.3. The second-order valence-corrected chi connectivity index (χ2v) is 8.92. The van der Waals surface area contributed by atoms with Crippen LogP contribution in [0.3, 0.4) is 0 Å². The summed E-state index contributed by atoms with van der Waals surface area (Å²) in [5, 5.41) is 9.52. The number of nitriles is 1. The molecule has 0 saturated carbocycles. The summed E-state index contributed by atoms with van der Waals surface area (Å²) in [6, 6.07) is 8.34. The topological polar surface area (TPSA) is 56.6 Å². The fraction of sp³-hybridized carbons (Fsp3) is 0.545. The molecule has 1 aromatic rings. The summed E-state index contributed by atoms with van der Waals surface area (Å²) in [6.45, 7) is 13.0. The Bertz CT molecular complexity index is 783. The molecule has 144 valence electrons. The Morgan fingerprint density at radius 2 is 1.81 bits per heavy atom. The fourth-order valence-corrected chi connectivity index (χ4v) is 3.99. The van der Waals surface area contributed by atoms with Gasteiger partial charge < -0.3 is 14.5 Å². The molecule has 5 heteroatoms. The first-order chi connectivity index (χ1) is 12.7. The highest BCUT2D eigenvalue weighted by Crippen LogP contribution is 2.36. The van der Waals surface area contributed by atoms with Crippen LogP contribution < -0.4 is 4.90 Å². The highest BCUT2D eigenvalue weighted by Gasteiger charge is 2.43. The quantitative estimate of drug-likeness (QED) is 0.783. The Hall–Kier alpha value is -2.48. The molecule has 2 fully saturated rings. The van der Waals surface area contributed by atoms with Gasteiger partial charge in [0.1, 0.15) is 11.7 Å². The lowest BCUT2D eigenvalue weighted by Gasteiger charge is -2.27. The number of ether oxygens (including phenoxy) is 1. The Morgan fingerprint density at radius 1 is 1.19 bits per heavy atom. The number of allylic oxidation sites excluding steroid dienone is 1. The predicted molar refractivity (Wildman–Crippen MR) is 107 cm³/mol. The van der Waals surface area contributed by atoms with Crippen LogP contribution in [0.25, 0.3) is 6.08 Å². The third kappa shape index (κ3) is 4.44. The maximum Gasteiger partial charge on any atom is 0.410 e. The minimum Gasteiger partial charge on any atom is -0.444 e. The summed E-state index contributed by atoms with van der Waals surface area (Å²) < 4.78 is 5.51. The SMILES string of the molecule is CC(C)=Cc1ccc(C#N)c(N2CC3CN(C(=O)OC(C)(C)C)CC3C2)c1. The minimum atomic E-state index is -0.464. The predicted octanol–water partition coefficient (Wildman–Crippen LogP) is 4.28. The van der Waals surface area contributed by atoms with Crippen molar-refractivity contribution in [3.63, 3.8) is 0 Å². The van der Waals surface area contributed by atoms with Crippen molar-refractivity contribution in [2.75, 3.05) is 31.1 Å². The molecule has 2 saturated heterocycles. The van der Waals surface area contributed by atoms with E-state index < -0.39 is 5.60 Å². The molecule has 1 aromatic carbocycles. The van der Waals surface area contributed by atoms with Gasteiger partial charge in [-0.25, -0.2) is 4.79 Å². The number of benzene rings is 1. The average Bonchev–Trinajstić information content (AvgIpc) is 3.11. The van der Waals surface area contributed by atoms with Gasteiger partial charge in [-0.15, -0.1) is 0 Å². The maximum atomic E-state index is 12.3. The van der Waals surface area contributed by atoms with Crippen LogP contribution in [-0.4, -0.2) is 42.8 Å². The first kappa shape index (κ1) is 19.3. The number of carbonyl (C=O) groups excluding carboxylic acids is 1. The number of hydrogen-bond donors (Lipinski definition) is 0. The van der Waals surface area contributed by atoms with E-state index in [9.17, 15) is 10.1 Å². The van der Waals surface area contributed by atoms with E-state index in [1.165, 1.54) is 5.57 Å². The third-order valence-electron chi connectivity index (χ3n) is 5.08. The van der Waals surface area contributed by atoms with Crippen molar-refractivity contribution in [1.29, 1.82) is 5.26 Å². The molecular weight excluding hydrogens is 338 g/mol.